The third-order valence-corrected chi connectivity index (χ3v) is 5.44. The molecule has 0 atom stereocenters. The number of thioether (sulfide) groups is 1. The molecule has 8 heteroatoms. The van der Waals surface area contributed by atoms with Crippen molar-refractivity contribution in [2.45, 2.75) is 13.8 Å². The Hall–Kier alpha value is -2.84. The van der Waals surface area contributed by atoms with Crippen LogP contribution in [-0.4, -0.2) is 33.4 Å². The molecule has 0 spiro atoms. The lowest BCUT2D eigenvalue weighted by Crippen LogP contribution is -2.45. The van der Waals surface area contributed by atoms with Gasteiger partial charge in [0.05, 0.1) is 12.0 Å². The number of aryl methyl sites for hydroxylation is 2. The molecule has 1 fully saturated rings. The van der Waals surface area contributed by atoms with Gasteiger partial charge in [-0.2, -0.15) is 5.01 Å². The minimum absolute atomic E-state index is 0.00734. The highest BCUT2D eigenvalue weighted by Gasteiger charge is 2.34. The van der Waals surface area contributed by atoms with E-state index in [0.717, 1.165) is 27.9 Å². The summed E-state index contributed by atoms with van der Waals surface area (Å²) in [7, 11) is 1.45. The van der Waals surface area contributed by atoms with E-state index in [-0.39, 0.29) is 10.1 Å². The molecular formula is C20H18N2O4S2. The third-order valence-electron chi connectivity index (χ3n) is 4.14. The number of thiocarbonyl (C=S) groups is 1. The molecule has 1 aliphatic rings. The minimum Gasteiger partial charge on any atom is -0.504 e. The van der Waals surface area contributed by atoms with E-state index < -0.39 is 11.8 Å². The number of nitrogens with zero attached hydrogens (tertiary/aromatic N) is 1. The zero-order chi connectivity index (χ0) is 20.4. The van der Waals surface area contributed by atoms with Crippen molar-refractivity contribution in [2.24, 2.45) is 0 Å². The summed E-state index contributed by atoms with van der Waals surface area (Å²) < 4.78 is 5.31. The van der Waals surface area contributed by atoms with Crippen LogP contribution < -0.4 is 10.2 Å². The second-order valence-corrected chi connectivity index (χ2v) is 7.88. The summed E-state index contributed by atoms with van der Waals surface area (Å²) in [5, 5.41) is 10.8. The van der Waals surface area contributed by atoms with E-state index >= 15 is 0 Å². The maximum Gasteiger partial charge on any atom is 0.285 e. The Morgan fingerprint density at radius 3 is 2.68 bits per heavy atom. The number of carbonyl (C=O) groups excluding carboxylic acids is 2. The molecule has 3 rings (SSSR count). The monoisotopic (exact) mass is 414 g/mol. The first-order chi connectivity index (χ1) is 13.3. The van der Waals surface area contributed by atoms with Crippen molar-refractivity contribution >= 4 is 46.2 Å². The van der Waals surface area contributed by atoms with Gasteiger partial charge in [0.15, 0.2) is 15.8 Å². The van der Waals surface area contributed by atoms with E-state index in [1.165, 1.54) is 13.2 Å². The Morgan fingerprint density at radius 2 is 2.00 bits per heavy atom. The molecule has 28 heavy (non-hydrogen) atoms. The van der Waals surface area contributed by atoms with E-state index in [0.29, 0.717) is 21.8 Å². The van der Waals surface area contributed by atoms with Crippen LogP contribution in [0, 0.1) is 13.8 Å². The van der Waals surface area contributed by atoms with Crippen molar-refractivity contribution < 1.29 is 19.4 Å². The zero-order valence-electron chi connectivity index (χ0n) is 15.5. The number of amides is 2. The standard InChI is InChI=1S/C20H18N2O4S2/c1-11-4-6-14(12(2)8-11)18(24)21-22-19(25)17(28-20(22)27)10-13-5-7-15(23)16(9-13)26-3/h4-10,23H,1-3H3,(H,21,24)/b17-10+. The van der Waals surface area contributed by atoms with Gasteiger partial charge in [0, 0.05) is 5.56 Å². The number of hydrogen-bond acceptors (Lipinski definition) is 6. The van der Waals surface area contributed by atoms with E-state index in [1.807, 2.05) is 26.0 Å². The van der Waals surface area contributed by atoms with E-state index in [2.05, 4.69) is 5.43 Å². The van der Waals surface area contributed by atoms with Crippen molar-refractivity contribution in [3.8, 4) is 11.5 Å². The lowest BCUT2D eigenvalue weighted by molar-refractivity contribution is -0.123. The van der Waals surface area contributed by atoms with E-state index in [1.54, 1.807) is 24.3 Å². The van der Waals surface area contributed by atoms with Crippen LogP contribution in [0.1, 0.15) is 27.0 Å². The zero-order valence-corrected chi connectivity index (χ0v) is 17.1. The predicted octanol–water partition coefficient (Wildman–Crippen LogP) is 3.56. The van der Waals surface area contributed by atoms with Gasteiger partial charge >= 0.3 is 0 Å². The van der Waals surface area contributed by atoms with Crippen molar-refractivity contribution in [1.29, 1.82) is 0 Å². The van der Waals surface area contributed by atoms with Gasteiger partial charge in [0.25, 0.3) is 11.8 Å². The smallest absolute Gasteiger partial charge is 0.285 e. The van der Waals surface area contributed by atoms with Gasteiger partial charge in [-0.15, -0.1) is 0 Å². The molecule has 0 bridgehead atoms. The highest BCUT2D eigenvalue weighted by Crippen LogP contribution is 2.33. The average Bonchev–Trinajstić information content (AvgIpc) is 2.90. The van der Waals surface area contributed by atoms with Crippen LogP contribution in [0.3, 0.4) is 0 Å². The molecule has 144 valence electrons. The van der Waals surface area contributed by atoms with E-state index in [4.69, 9.17) is 17.0 Å². The molecule has 0 radical (unpaired) electrons. The van der Waals surface area contributed by atoms with Crippen LogP contribution in [-0.2, 0) is 4.79 Å². The molecule has 2 amide bonds. The van der Waals surface area contributed by atoms with Gasteiger partial charge in [-0.1, -0.05) is 35.5 Å². The Balaban J connectivity index is 1.81. The number of hydrazine groups is 1. The molecule has 0 unspecified atom stereocenters. The molecule has 2 aromatic carbocycles. The predicted molar refractivity (Wildman–Crippen MR) is 113 cm³/mol. The fourth-order valence-corrected chi connectivity index (χ4v) is 3.91. The molecular weight excluding hydrogens is 396 g/mol. The molecule has 0 aliphatic carbocycles. The topological polar surface area (TPSA) is 78.9 Å². The lowest BCUT2D eigenvalue weighted by Gasteiger charge is -2.16. The Morgan fingerprint density at radius 1 is 1.25 bits per heavy atom. The normalized spacial score (nSPS) is 15.2. The fraction of sp³-hybridized carbons (Fsp3) is 0.150. The average molecular weight is 415 g/mol. The van der Waals surface area contributed by atoms with Crippen LogP contribution >= 0.6 is 24.0 Å². The summed E-state index contributed by atoms with van der Waals surface area (Å²) in [6.45, 7) is 3.78. The summed E-state index contributed by atoms with van der Waals surface area (Å²) >= 11 is 6.34. The van der Waals surface area contributed by atoms with E-state index in [9.17, 15) is 14.7 Å². The fourth-order valence-electron chi connectivity index (χ4n) is 2.73. The Kier molecular flexibility index (Phi) is 5.71. The maximum absolute atomic E-state index is 12.7. The van der Waals surface area contributed by atoms with Gasteiger partial charge in [0.1, 0.15) is 0 Å². The van der Waals surface area contributed by atoms with Gasteiger partial charge in [-0.05, 0) is 61.5 Å². The number of hydrogen-bond donors (Lipinski definition) is 2. The first-order valence-electron chi connectivity index (χ1n) is 8.33. The Bertz CT molecular complexity index is 1020. The van der Waals surface area contributed by atoms with Crippen LogP contribution in [0.5, 0.6) is 11.5 Å². The first-order valence-corrected chi connectivity index (χ1v) is 9.56. The SMILES string of the molecule is COc1cc(/C=C2/SC(=S)N(NC(=O)c3ccc(C)cc3C)C2=O)ccc1O. The number of ether oxygens (including phenoxy) is 1. The van der Waals surface area contributed by atoms with Gasteiger partial charge in [0.2, 0.25) is 0 Å². The highest BCUT2D eigenvalue weighted by molar-refractivity contribution is 8.26. The number of nitrogens with one attached hydrogen (secondary N) is 1. The quantitative estimate of drug-likeness (QED) is 0.588. The number of methoxy groups -OCH3 is 1. The van der Waals surface area contributed by atoms with Crippen LogP contribution in [0.4, 0.5) is 0 Å². The second-order valence-electron chi connectivity index (χ2n) is 6.21. The van der Waals surface area contributed by atoms with Crippen molar-refractivity contribution in [1.82, 2.24) is 10.4 Å². The number of aromatic hydroxyl groups is 1. The van der Waals surface area contributed by atoms with Crippen LogP contribution in [0.15, 0.2) is 41.3 Å². The summed E-state index contributed by atoms with van der Waals surface area (Å²) in [5.74, 6) is -0.512. The summed E-state index contributed by atoms with van der Waals surface area (Å²) in [6, 6.07) is 10.2. The molecule has 1 saturated heterocycles. The molecule has 6 nitrogen and oxygen atoms in total. The van der Waals surface area contributed by atoms with Crippen molar-refractivity contribution in [2.75, 3.05) is 7.11 Å². The number of phenols is 1. The number of phenolic OH excluding ortho intramolecular Hbond substituents is 1. The molecule has 2 N–H and O–H groups in total. The molecule has 1 aliphatic heterocycles. The highest BCUT2D eigenvalue weighted by atomic mass is 32.2. The molecule has 0 saturated carbocycles. The number of rotatable bonds is 4. The van der Waals surface area contributed by atoms with Crippen LogP contribution in [0.2, 0.25) is 0 Å². The van der Waals surface area contributed by atoms with Crippen molar-refractivity contribution in [3.05, 3.63) is 63.6 Å². The summed E-state index contributed by atoms with van der Waals surface area (Å²) in [5.41, 5.74) is 5.58. The minimum atomic E-state index is -0.417. The second kappa shape index (κ2) is 8.04. The number of benzene rings is 2. The van der Waals surface area contributed by atoms with Crippen LogP contribution in [0.25, 0.3) is 6.08 Å². The maximum atomic E-state index is 12.7. The van der Waals surface area contributed by atoms with Crippen molar-refractivity contribution in [3.63, 3.8) is 0 Å². The third kappa shape index (κ3) is 4.02. The lowest BCUT2D eigenvalue weighted by atomic mass is 10.1. The summed E-state index contributed by atoms with van der Waals surface area (Å²) in [6.07, 6.45) is 1.63. The summed E-state index contributed by atoms with van der Waals surface area (Å²) in [4.78, 5) is 25.6. The largest absolute Gasteiger partial charge is 0.504 e. The number of carbonyl (C=O) groups is 2. The molecule has 0 aromatic heterocycles. The van der Waals surface area contributed by atoms with Gasteiger partial charge in [-0.25, -0.2) is 0 Å². The van der Waals surface area contributed by atoms with Gasteiger partial charge < -0.3 is 9.84 Å². The Labute approximate surface area is 172 Å². The first kappa shape index (κ1) is 19.9. The molecule has 2 aromatic rings. The van der Waals surface area contributed by atoms with Gasteiger partial charge in [-0.3, -0.25) is 15.0 Å². The molecule has 1 heterocycles.